The van der Waals surface area contributed by atoms with Crippen LogP contribution in [0.25, 0.3) is 10.8 Å². The van der Waals surface area contributed by atoms with Gasteiger partial charge in [-0.2, -0.15) is 0 Å². The van der Waals surface area contributed by atoms with Crippen LogP contribution >= 0.6 is 0 Å². The average Bonchev–Trinajstić information content (AvgIpc) is 2.82. The molecule has 1 aromatic heterocycles. The summed E-state index contributed by atoms with van der Waals surface area (Å²) in [5.41, 5.74) is 0.308. The lowest BCUT2D eigenvalue weighted by Crippen LogP contribution is -2.39. The third-order valence-corrected chi connectivity index (χ3v) is 6.39. The summed E-state index contributed by atoms with van der Waals surface area (Å²) in [7, 11) is 3.13. The molecule has 0 unspecified atom stereocenters. The van der Waals surface area contributed by atoms with Crippen molar-refractivity contribution in [1.82, 2.24) is 4.57 Å². The van der Waals surface area contributed by atoms with Crippen molar-refractivity contribution < 1.29 is 19.4 Å². The molecule has 0 saturated heterocycles. The van der Waals surface area contributed by atoms with Gasteiger partial charge < -0.3 is 24.5 Å². The highest BCUT2D eigenvalue weighted by molar-refractivity contribution is 6.02. The van der Waals surface area contributed by atoms with Crippen LogP contribution in [0.3, 0.4) is 0 Å². The van der Waals surface area contributed by atoms with Crippen LogP contribution in [0.2, 0.25) is 0 Å². The summed E-state index contributed by atoms with van der Waals surface area (Å²) >= 11 is 0. The smallest absolute Gasteiger partial charge is 0.258 e. The van der Waals surface area contributed by atoms with E-state index in [0.29, 0.717) is 40.8 Å². The van der Waals surface area contributed by atoms with Gasteiger partial charge in [-0.05, 0) is 37.1 Å². The van der Waals surface area contributed by atoms with Gasteiger partial charge in [0.2, 0.25) is 5.91 Å². The van der Waals surface area contributed by atoms with E-state index in [0.717, 1.165) is 24.8 Å². The lowest BCUT2D eigenvalue weighted by Gasteiger charge is -2.32. The van der Waals surface area contributed by atoms with E-state index in [9.17, 15) is 14.7 Å². The lowest BCUT2D eigenvalue weighted by atomic mass is 9.85. The van der Waals surface area contributed by atoms with E-state index in [1.54, 1.807) is 61.4 Å². The van der Waals surface area contributed by atoms with Gasteiger partial charge in [0.15, 0.2) is 0 Å². The van der Waals surface area contributed by atoms with Gasteiger partial charge in [0.25, 0.3) is 5.56 Å². The van der Waals surface area contributed by atoms with Crippen molar-refractivity contribution >= 4 is 22.4 Å². The van der Waals surface area contributed by atoms with Crippen molar-refractivity contribution in [2.75, 3.05) is 19.5 Å². The Kier molecular flexibility index (Phi) is 6.70. The summed E-state index contributed by atoms with van der Waals surface area (Å²) in [6.07, 6.45) is 6.33. The van der Waals surface area contributed by atoms with E-state index in [2.05, 4.69) is 5.32 Å². The Morgan fingerprint density at radius 3 is 2.58 bits per heavy atom. The van der Waals surface area contributed by atoms with E-state index in [4.69, 9.17) is 9.47 Å². The van der Waals surface area contributed by atoms with Gasteiger partial charge >= 0.3 is 0 Å². The van der Waals surface area contributed by atoms with Crippen molar-refractivity contribution in [3.63, 3.8) is 0 Å². The van der Waals surface area contributed by atoms with Crippen LogP contribution < -0.4 is 20.3 Å². The minimum atomic E-state index is -0.834. The molecule has 0 spiro atoms. The molecule has 2 N–H and O–H groups in total. The number of nitrogens with zero attached hydrogens (tertiary/aromatic N) is 1. The summed E-state index contributed by atoms with van der Waals surface area (Å²) in [5.74, 6) is 1.01. The second-order valence-electron chi connectivity index (χ2n) is 8.70. The van der Waals surface area contributed by atoms with Gasteiger partial charge in [-0.15, -0.1) is 0 Å². The molecule has 0 radical (unpaired) electrons. The van der Waals surface area contributed by atoms with Gasteiger partial charge in [0.1, 0.15) is 11.5 Å². The molecule has 3 aromatic rings. The van der Waals surface area contributed by atoms with Crippen LogP contribution in [0.15, 0.2) is 53.5 Å². The van der Waals surface area contributed by atoms with E-state index in [-0.39, 0.29) is 24.4 Å². The van der Waals surface area contributed by atoms with Crippen LogP contribution in [0.5, 0.6) is 11.5 Å². The van der Waals surface area contributed by atoms with Gasteiger partial charge in [-0.3, -0.25) is 9.59 Å². The number of amides is 1. The maximum absolute atomic E-state index is 13.1. The molecule has 2 aromatic carbocycles. The van der Waals surface area contributed by atoms with E-state index in [1.165, 1.54) is 0 Å². The zero-order chi connectivity index (χ0) is 23.4. The van der Waals surface area contributed by atoms with Crippen LogP contribution in [-0.4, -0.2) is 35.4 Å². The van der Waals surface area contributed by atoms with Crippen molar-refractivity contribution in [3.05, 3.63) is 64.6 Å². The van der Waals surface area contributed by atoms with Crippen molar-refractivity contribution in [2.24, 2.45) is 0 Å². The van der Waals surface area contributed by atoms with Gasteiger partial charge in [-0.25, -0.2) is 0 Å². The molecule has 1 aliphatic carbocycles. The predicted octanol–water partition coefficient (Wildman–Crippen LogP) is 3.90. The number of carbonyl (C=O) groups is 1. The summed E-state index contributed by atoms with van der Waals surface area (Å²) < 4.78 is 12.2. The third kappa shape index (κ3) is 5.03. The molecule has 1 heterocycles. The number of carbonyl (C=O) groups excluding carboxylic acids is 1. The van der Waals surface area contributed by atoms with Gasteiger partial charge in [-0.1, -0.05) is 31.4 Å². The number of hydrogen-bond acceptors (Lipinski definition) is 5. The summed E-state index contributed by atoms with van der Waals surface area (Å²) in [5, 5.41) is 15.0. The first-order valence-corrected chi connectivity index (χ1v) is 11.3. The second-order valence-corrected chi connectivity index (χ2v) is 8.70. The molecule has 0 aliphatic heterocycles. The minimum absolute atomic E-state index is 0.119. The standard InChI is InChI=1S/C26H30N2O5/c1-32-19-10-9-18(23(16-19)33-2)15-24(29)27-22-8-6-7-21-20(22)11-14-28(25(21)30)17-26(31)12-4-3-5-13-26/h6-11,14,16,31H,3-5,12-13,15,17H2,1-2H3,(H,27,29). The molecule has 0 atom stereocenters. The molecule has 7 nitrogen and oxygen atoms in total. The number of benzene rings is 2. The number of anilines is 1. The van der Waals surface area contributed by atoms with E-state index < -0.39 is 5.60 Å². The highest BCUT2D eigenvalue weighted by Crippen LogP contribution is 2.30. The Labute approximate surface area is 193 Å². The summed E-state index contributed by atoms with van der Waals surface area (Å²) in [6.45, 7) is 0.287. The number of hydrogen-bond donors (Lipinski definition) is 2. The lowest BCUT2D eigenvalue weighted by molar-refractivity contribution is -0.115. The number of methoxy groups -OCH3 is 2. The molecule has 0 bridgehead atoms. The van der Waals surface area contributed by atoms with Crippen molar-refractivity contribution in [3.8, 4) is 11.5 Å². The third-order valence-electron chi connectivity index (χ3n) is 6.39. The fourth-order valence-corrected chi connectivity index (χ4v) is 4.60. The van der Waals surface area contributed by atoms with E-state index >= 15 is 0 Å². The zero-order valence-corrected chi connectivity index (χ0v) is 19.1. The highest BCUT2D eigenvalue weighted by Gasteiger charge is 2.30. The van der Waals surface area contributed by atoms with Crippen molar-refractivity contribution in [1.29, 1.82) is 0 Å². The molecule has 174 valence electrons. The molecule has 1 saturated carbocycles. The van der Waals surface area contributed by atoms with Crippen LogP contribution in [-0.2, 0) is 17.8 Å². The Morgan fingerprint density at radius 2 is 1.85 bits per heavy atom. The van der Waals surface area contributed by atoms with Gasteiger partial charge in [0, 0.05) is 34.3 Å². The molecule has 1 amide bonds. The average molecular weight is 451 g/mol. The Morgan fingerprint density at radius 1 is 1.06 bits per heavy atom. The summed E-state index contributed by atoms with van der Waals surface area (Å²) in [6, 6.07) is 12.4. The maximum atomic E-state index is 13.1. The monoisotopic (exact) mass is 450 g/mol. The molecular weight excluding hydrogens is 420 g/mol. The summed E-state index contributed by atoms with van der Waals surface area (Å²) in [4.78, 5) is 25.9. The molecule has 7 heteroatoms. The predicted molar refractivity (Wildman–Crippen MR) is 128 cm³/mol. The maximum Gasteiger partial charge on any atom is 0.258 e. The fraction of sp³-hybridized carbons (Fsp3) is 0.385. The SMILES string of the molecule is COc1ccc(CC(=O)Nc2cccc3c(=O)n(CC4(O)CCCCC4)ccc23)c(OC)c1. The number of pyridine rings is 1. The van der Waals surface area contributed by atoms with Gasteiger partial charge in [0.05, 0.1) is 32.8 Å². The Balaban J connectivity index is 1.56. The molecule has 1 fully saturated rings. The first-order valence-electron chi connectivity index (χ1n) is 11.3. The Bertz CT molecular complexity index is 1210. The van der Waals surface area contributed by atoms with Crippen molar-refractivity contribution in [2.45, 2.75) is 50.7 Å². The topological polar surface area (TPSA) is 89.8 Å². The van der Waals surface area contributed by atoms with Crippen LogP contribution in [0.1, 0.15) is 37.7 Å². The normalized spacial score (nSPS) is 15.2. The molecular formula is C26H30N2O5. The minimum Gasteiger partial charge on any atom is -0.497 e. The molecule has 4 rings (SSSR count). The second kappa shape index (κ2) is 9.67. The number of nitrogens with one attached hydrogen (secondary N) is 1. The number of rotatable bonds is 7. The first kappa shape index (κ1) is 22.9. The van der Waals surface area contributed by atoms with Crippen LogP contribution in [0.4, 0.5) is 5.69 Å². The molecule has 33 heavy (non-hydrogen) atoms. The van der Waals surface area contributed by atoms with Crippen LogP contribution in [0, 0.1) is 0 Å². The number of aromatic nitrogens is 1. The highest BCUT2D eigenvalue weighted by atomic mass is 16.5. The number of fused-ring (bicyclic) bond motifs is 1. The Hall–Kier alpha value is -3.32. The largest absolute Gasteiger partial charge is 0.497 e. The number of aliphatic hydroxyl groups is 1. The zero-order valence-electron chi connectivity index (χ0n) is 19.1. The first-order chi connectivity index (χ1) is 15.9. The fourth-order valence-electron chi connectivity index (χ4n) is 4.60. The quantitative estimate of drug-likeness (QED) is 0.570. The number of ether oxygens (including phenoxy) is 2. The molecule has 1 aliphatic rings. The van der Waals surface area contributed by atoms with E-state index in [1.807, 2.05) is 6.07 Å².